The largest absolute Gasteiger partial charge is 0.477 e. The van der Waals surface area contributed by atoms with Crippen LogP contribution in [-0.2, 0) is 14.4 Å². The minimum absolute atomic E-state index is 0.0151. The first kappa shape index (κ1) is 24.5. The van der Waals surface area contributed by atoms with Crippen LogP contribution in [0.15, 0.2) is 10.6 Å². The third kappa shape index (κ3) is 3.96. The Hall–Kier alpha value is -2.60. The first-order chi connectivity index (χ1) is 16.1. The zero-order chi connectivity index (χ0) is 24.9. The fraction of sp³-hybridized carbons (Fsp3) is 0.682. The molecule has 3 saturated heterocycles. The molecule has 6 atom stereocenters. The number of amides is 2. The van der Waals surface area contributed by atoms with Crippen molar-refractivity contribution in [3.05, 3.63) is 10.6 Å². The molecule has 0 bridgehead atoms. The number of nitrogens with zero attached hydrogens (tertiary/aromatic N) is 4. The number of piperazine rings is 1. The van der Waals surface area contributed by atoms with Crippen molar-refractivity contribution in [2.24, 2.45) is 11.8 Å². The second-order valence-electron chi connectivity index (χ2n) is 9.49. The minimum atomic E-state index is -1.16. The van der Waals surface area contributed by atoms with Crippen molar-refractivity contribution >= 4 is 41.7 Å². The summed E-state index contributed by atoms with van der Waals surface area (Å²) in [6, 6.07) is -0.857. The standard InChI is InChI=1S/C22H32N6O5S/c1-11-17-16(12(2)29)21(31)28(17)18(22(32)33)19(11)34-14-8-15(27(9-14)10-23)20(30)26-6-4-25(5-7-26)13(3)24/h10-12,14-17,23-24,29H,4-9H2,1-3H3,(H,32,33)/t11-,12-,14+,15+,16-,17-/m1/s1. The summed E-state index contributed by atoms with van der Waals surface area (Å²) in [6.07, 6.45) is 0.797. The number of carboxylic acid groups (broad SMARTS) is 1. The highest BCUT2D eigenvalue weighted by atomic mass is 32.2. The SMILES string of the molecule is CC(=N)N1CCN(C(=O)[C@@H]2C[C@H](SC3=C(C(=O)O)N4C(=O)[C@H]([C@@H](C)O)[C@H]4[C@H]3C)CN2C=N)CC1. The lowest BCUT2D eigenvalue weighted by molar-refractivity contribution is -0.163. The van der Waals surface area contributed by atoms with Gasteiger partial charge in [0.15, 0.2) is 0 Å². The van der Waals surface area contributed by atoms with Crippen LogP contribution in [0.1, 0.15) is 27.2 Å². The molecule has 0 aromatic heterocycles. The Kier molecular flexibility index (Phi) is 6.65. The van der Waals surface area contributed by atoms with E-state index in [4.69, 9.17) is 10.8 Å². The van der Waals surface area contributed by atoms with E-state index in [0.29, 0.717) is 49.9 Å². The summed E-state index contributed by atoms with van der Waals surface area (Å²) in [7, 11) is 0. The number of aliphatic hydroxyl groups is 1. The van der Waals surface area contributed by atoms with Crippen LogP contribution in [-0.4, -0.2) is 116 Å². The van der Waals surface area contributed by atoms with Gasteiger partial charge in [-0.25, -0.2) is 4.79 Å². The van der Waals surface area contributed by atoms with Gasteiger partial charge in [-0.15, -0.1) is 11.8 Å². The monoisotopic (exact) mass is 492 g/mol. The molecule has 34 heavy (non-hydrogen) atoms. The number of aliphatic carboxylic acids is 1. The maximum Gasteiger partial charge on any atom is 0.353 e. The summed E-state index contributed by atoms with van der Waals surface area (Å²) in [5.41, 5.74) is -0.0151. The van der Waals surface area contributed by atoms with Crippen LogP contribution in [0.3, 0.4) is 0 Å². The Bertz CT molecular complexity index is 946. The van der Waals surface area contributed by atoms with Gasteiger partial charge in [-0.3, -0.25) is 20.4 Å². The van der Waals surface area contributed by atoms with E-state index in [1.165, 1.54) is 23.0 Å². The number of nitrogens with one attached hydrogen (secondary N) is 2. The summed E-state index contributed by atoms with van der Waals surface area (Å²) in [6.45, 7) is 7.88. The van der Waals surface area contributed by atoms with Gasteiger partial charge in [0.05, 0.1) is 30.2 Å². The second-order valence-corrected chi connectivity index (χ2v) is 10.8. The molecule has 4 rings (SSSR count). The number of carboxylic acids is 1. The van der Waals surface area contributed by atoms with E-state index in [1.54, 1.807) is 23.6 Å². The number of amidine groups is 1. The lowest BCUT2D eigenvalue weighted by atomic mass is 9.79. The molecule has 2 amide bonds. The van der Waals surface area contributed by atoms with E-state index in [9.17, 15) is 24.6 Å². The van der Waals surface area contributed by atoms with Crippen molar-refractivity contribution in [1.29, 1.82) is 10.8 Å². The van der Waals surface area contributed by atoms with Gasteiger partial charge in [0.1, 0.15) is 11.7 Å². The van der Waals surface area contributed by atoms with Gasteiger partial charge in [-0.05, 0) is 20.3 Å². The minimum Gasteiger partial charge on any atom is -0.477 e. The van der Waals surface area contributed by atoms with Crippen molar-refractivity contribution in [3.8, 4) is 0 Å². The molecule has 0 radical (unpaired) electrons. The van der Waals surface area contributed by atoms with Crippen LogP contribution in [0.2, 0.25) is 0 Å². The molecule has 4 aliphatic heterocycles. The van der Waals surface area contributed by atoms with Crippen LogP contribution < -0.4 is 0 Å². The van der Waals surface area contributed by atoms with Gasteiger partial charge >= 0.3 is 5.97 Å². The third-order valence-electron chi connectivity index (χ3n) is 7.42. The molecule has 4 heterocycles. The second kappa shape index (κ2) is 9.21. The summed E-state index contributed by atoms with van der Waals surface area (Å²) in [5, 5.41) is 35.4. The maximum absolute atomic E-state index is 13.3. The molecule has 0 unspecified atom stereocenters. The molecule has 0 saturated carbocycles. The van der Waals surface area contributed by atoms with Gasteiger partial charge < -0.3 is 29.8 Å². The van der Waals surface area contributed by atoms with Gasteiger partial charge in [0.2, 0.25) is 11.8 Å². The van der Waals surface area contributed by atoms with Crippen molar-refractivity contribution in [3.63, 3.8) is 0 Å². The number of thioether (sulfide) groups is 1. The summed E-state index contributed by atoms with van der Waals surface area (Å²) in [5.74, 6) is -1.92. The average molecular weight is 493 g/mol. The van der Waals surface area contributed by atoms with Crippen LogP contribution in [0.5, 0.6) is 0 Å². The Morgan fingerprint density at radius 3 is 2.35 bits per heavy atom. The fourth-order valence-electron chi connectivity index (χ4n) is 5.62. The van der Waals surface area contributed by atoms with Crippen molar-refractivity contribution < 1.29 is 24.6 Å². The van der Waals surface area contributed by atoms with Crippen LogP contribution in [0, 0.1) is 22.7 Å². The highest BCUT2D eigenvalue weighted by Crippen LogP contribution is 2.52. The topological polar surface area (TPSA) is 152 Å². The van der Waals surface area contributed by atoms with E-state index in [-0.39, 0.29) is 34.7 Å². The normalized spacial score (nSPS) is 32.0. The van der Waals surface area contributed by atoms with Gasteiger partial charge in [0.25, 0.3) is 0 Å². The number of likely N-dealkylation sites (tertiary alicyclic amines) is 1. The highest BCUT2D eigenvalue weighted by Gasteiger charge is 2.60. The molecule has 0 spiro atoms. The van der Waals surface area contributed by atoms with E-state index in [0.717, 1.165) is 0 Å². The van der Waals surface area contributed by atoms with Crippen molar-refractivity contribution in [2.75, 3.05) is 32.7 Å². The van der Waals surface area contributed by atoms with E-state index >= 15 is 0 Å². The lowest BCUT2D eigenvalue weighted by Crippen LogP contribution is -2.63. The third-order valence-corrected chi connectivity index (χ3v) is 8.92. The Balaban J connectivity index is 1.47. The molecule has 186 valence electrons. The first-order valence-corrected chi connectivity index (χ1v) is 12.4. The predicted molar refractivity (Wildman–Crippen MR) is 126 cm³/mol. The predicted octanol–water partition coefficient (Wildman–Crippen LogP) is 0.0646. The molecule has 3 fully saturated rings. The molecule has 0 aromatic carbocycles. The molecule has 4 aliphatic rings. The maximum atomic E-state index is 13.3. The van der Waals surface area contributed by atoms with Gasteiger partial charge in [0, 0.05) is 48.8 Å². The van der Waals surface area contributed by atoms with E-state index < -0.39 is 24.0 Å². The van der Waals surface area contributed by atoms with E-state index in [1.807, 2.05) is 11.8 Å². The number of carbonyl (C=O) groups is 3. The zero-order valence-electron chi connectivity index (χ0n) is 19.6. The smallest absolute Gasteiger partial charge is 0.353 e. The molecular formula is C22H32N6O5S. The quantitative estimate of drug-likeness (QED) is 0.231. The Labute approximate surface area is 202 Å². The summed E-state index contributed by atoms with van der Waals surface area (Å²) < 4.78 is 0. The van der Waals surface area contributed by atoms with Crippen molar-refractivity contribution in [2.45, 2.75) is 50.6 Å². The number of hydrogen-bond acceptors (Lipinski definition) is 7. The fourth-order valence-corrected chi connectivity index (χ4v) is 7.16. The van der Waals surface area contributed by atoms with Crippen LogP contribution in [0.4, 0.5) is 0 Å². The average Bonchev–Trinajstić information content (AvgIpc) is 3.30. The van der Waals surface area contributed by atoms with Crippen LogP contribution in [0.25, 0.3) is 0 Å². The van der Waals surface area contributed by atoms with E-state index in [2.05, 4.69) is 0 Å². The Morgan fingerprint density at radius 1 is 1.21 bits per heavy atom. The zero-order valence-corrected chi connectivity index (χ0v) is 20.4. The number of hydrogen-bond donors (Lipinski definition) is 4. The number of rotatable bonds is 6. The molecular weight excluding hydrogens is 460 g/mol. The van der Waals surface area contributed by atoms with Crippen LogP contribution >= 0.6 is 11.8 Å². The lowest BCUT2D eigenvalue weighted by Gasteiger charge is -2.46. The molecule has 4 N–H and O–H groups in total. The number of β-lactam (4-membered cyclic amide) rings is 1. The molecule has 0 aliphatic carbocycles. The highest BCUT2D eigenvalue weighted by molar-refractivity contribution is 8.03. The molecule has 11 nitrogen and oxygen atoms in total. The first-order valence-electron chi connectivity index (χ1n) is 11.6. The number of carbonyl (C=O) groups excluding carboxylic acids is 2. The van der Waals surface area contributed by atoms with Gasteiger partial charge in [-0.2, -0.15) is 0 Å². The number of fused-ring (bicyclic) bond motifs is 1. The molecule has 12 heteroatoms. The van der Waals surface area contributed by atoms with Crippen molar-refractivity contribution in [1.82, 2.24) is 19.6 Å². The summed E-state index contributed by atoms with van der Waals surface area (Å²) >= 11 is 1.39. The van der Waals surface area contributed by atoms with Gasteiger partial charge in [-0.1, -0.05) is 6.92 Å². The number of aliphatic hydroxyl groups excluding tert-OH is 1. The molecule has 0 aromatic rings. The summed E-state index contributed by atoms with van der Waals surface area (Å²) in [4.78, 5) is 45.2. The Morgan fingerprint density at radius 2 is 1.82 bits per heavy atom.